The van der Waals surface area contributed by atoms with E-state index in [2.05, 4.69) is 52.1 Å². The number of carbonyl (C=O) groups excluding carboxylic acids is 10. The Bertz CT molecular complexity index is 2950. The van der Waals surface area contributed by atoms with Crippen molar-refractivity contribution in [1.82, 2.24) is 41.4 Å². The summed E-state index contributed by atoms with van der Waals surface area (Å²) in [6.07, 6.45) is 10.3. The molecule has 1 aromatic heterocycles. The number of nitrogens with two attached hydrogens (primary N) is 2. The fourth-order valence-corrected chi connectivity index (χ4v) is 9.77. The first-order chi connectivity index (χ1) is 40.8. The van der Waals surface area contributed by atoms with E-state index >= 15 is 0 Å². The Morgan fingerprint density at radius 2 is 1.47 bits per heavy atom. The summed E-state index contributed by atoms with van der Waals surface area (Å²) in [5.74, 6) is -2.35. The van der Waals surface area contributed by atoms with E-state index in [-0.39, 0.29) is 106 Å². The van der Waals surface area contributed by atoms with Crippen molar-refractivity contribution in [3.05, 3.63) is 95.2 Å². The minimum absolute atomic E-state index is 0.0648. The fraction of sp³-hybridized carbons (Fsp3) is 0.467. The molecule has 0 spiro atoms. The molecule has 3 aromatic rings. The number of amides is 11. The zero-order chi connectivity index (χ0) is 61.4. The number of benzene rings is 2. The van der Waals surface area contributed by atoms with Gasteiger partial charge in [-0.25, -0.2) is 19.6 Å². The predicted molar refractivity (Wildman–Crippen MR) is 321 cm³/mol. The lowest BCUT2D eigenvalue weighted by molar-refractivity contribution is -0.137. The van der Waals surface area contributed by atoms with Crippen molar-refractivity contribution in [2.24, 2.45) is 28.3 Å². The second-order valence-corrected chi connectivity index (χ2v) is 21.4. The van der Waals surface area contributed by atoms with Crippen LogP contribution in [-0.4, -0.2) is 144 Å². The lowest BCUT2D eigenvalue weighted by Crippen LogP contribution is -2.54. The number of rotatable bonds is 30. The molecule has 25 nitrogen and oxygen atoms in total. The number of amidine groups is 1. The third kappa shape index (κ3) is 20.3. The van der Waals surface area contributed by atoms with Crippen LogP contribution in [0.25, 0.3) is 6.08 Å². The first-order valence-electron chi connectivity index (χ1n) is 29.1. The standard InChI is InChI=1S/C60H80N14O11/c1-5-28-73(29-6-2)58(82)43-33-41-15-16-42(34-47(41)69-48(61)35-43)55(79)68-45-19-20-49(66-36-45)72-31-23-40(24-32-72)54(78)63-26-27-65-60(84)85-37-39-13-17-44(18-14-39)67-56(80)46(11-10-25-64-59(62)83)70-57(81)53(38(3)4)71-50(75)12-8-7-9-30-74-51(76)21-22-52(74)77/h13-22,33-34,36,38,40,46,53H,5-12,23-32,35,37H2,1-4H3,(H2,61,69)(H,63,78)(H,65,84)(H,67,80)(H,68,79)(H,70,81)(H,71,75)(H3,62,64,83)/t46-,53-/m0/s1. The summed E-state index contributed by atoms with van der Waals surface area (Å²) in [7, 11) is 0. The van der Waals surface area contributed by atoms with E-state index in [9.17, 15) is 47.9 Å². The number of nitrogens with zero attached hydrogens (tertiary/aromatic N) is 5. The van der Waals surface area contributed by atoms with Crippen LogP contribution in [-0.2, 0) is 44.9 Å². The number of carbonyl (C=O) groups is 10. The number of fused-ring (bicyclic) bond motifs is 1. The second kappa shape index (κ2) is 32.6. The van der Waals surface area contributed by atoms with Crippen molar-refractivity contribution in [3.8, 4) is 0 Å². The maximum Gasteiger partial charge on any atom is 0.407 e. The minimum atomic E-state index is -1.06. The molecule has 0 radical (unpaired) electrons. The van der Waals surface area contributed by atoms with Crippen LogP contribution in [0.15, 0.2) is 83.5 Å². The highest BCUT2D eigenvalue weighted by Gasteiger charge is 2.30. The molecule has 4 heterocycles. The van der Waals surface area contributed by atoms with Crippen molar-refractivity contribution >= 4 is 94.2 Å². The van der Waals surface area contributed by atoms with Crippen LogP contribution in [0, 0.1) is 11.8 Å². The van der Waals surface area contributed by atoms with Crippen molar-refractivity contribution in [3.63, 3.8) is 0 Å². The first-order valence-corrected chi connectivity index (χ1v) is 29.1. The molecule has 0 bridgehead atoms. The predicted octanol–water partition coefficient (Wildman–Crippen LogP) is 4.52. The van der Waals surface area contributed by atoms with E-state index in [1.807, 2.05) is 24.8 Å². The van der Waals surface area contributed by atoms with Gasteiger partial charge >= 0.3 is 12.1 Å². The van der Waals surface area contributed by atoms with Crippen molar-refractivity contribution in [2.75, 3.05) is 67.9 Å². The second-order valence-electron chi connectivity index (χ2n) is 21.4. The summed E-state index contributed by atoms with van der Waals surface area (Å²) in [6, 6.07) is 12.4. The monoisotopic (exact) mass is 1170 g/mol. The zero-order valence-electron chi connectivity index (χ0n) is 48.8. The Kier molecular flexibility index (Phi) is 24.9. The van der Waals surface area contributed by atoms with Crippen LogP contribution in [0.5, 0.6) is 0 Å². The number of primary amides is 1. The molecule has 6 rings (SSSR count). The molecule has 3 aliphatic heterocycles. The van der Waals surface area contributed by atoms with Gasteiger partial charge in [-0.3, -0.25) is 43.3 Å². The van der Waals surface area contributed by atoms with Gasteiger partial charge in [0.1, 0.15) is 30.3 Å². The largest absolute Gasteiger partial charge is 0.445 e. The van der Waals surface area contributed by atoms with Gasteiger partial charge in [0.05, 0.1) is 17.6 Å². The van der Waals surface area contributed by atoms with E-state index in [0.717, 1.165) is 17.7 Å². The van der Waals surface area contributed by atoms with Crippen LogP contribution in [0.2, 0.25) is 0 Å². The normalized spacial score (nSPS) is 14.6. The number of urea groups is 1. The molecule has 1 fully saturated rings. The van der Waals surface area contributed by atoms with Crippen LogP contribution >= 0.6 is 0 Å². The molecule has 2 atom stereocenters. The number of unbranched alkanes of at least 4 members (excludes halogenated alkanes) is 2. The highest BCUT2D eigenvalue weighted by atomic mass is 16.5. The van der Waals surface area contributed by atoms with Crippen molar-refractivity contribution < 1.29 is 52.7 Å². The lowest BCUT2D eigenvalue weighted by atomic mass is 9.96. The van der Waals surface area contributed by atoms with E-state index in [1.54, 1.807) is 74.7 Å². The van der Waals surface area contributed by atoms with Crippen LogP contribution in [0.3, 0.4) is 0 Å². The topological polar surface area (TPSA) is 351 Å². The Morgan fingerprint density at radius 3 is 2.13 bits per heavy atom. The molecule has 456 valence electrons. The van der Waals surface area contributed by atoms with Gasteiger partial charge in [0.15, 0.2) is 0 Å². The molecule has 0 aliphatic carbocycles. The molecule has 2 aromatic carbocycles. The summed E-state index contributed by atoms with van der Waals surface area (Å²) in [5, 5.41) is 19.2. The third-order valence-corrected chi connectivity index (χ3v) is 14.3. The molecule has 25 heteroatoms. The summed E-state index contributed by atoms with van der Waals surface area (Å²) in [5.41, 5.74) is 15.1. The zero-order valence-corrected chi connectivity index (χ0v) is 48.8. The average Bonchev–Trinajstić information content (AvgIpc) is 4.03. The van der Waals surface area contributed by atoms with Crippen molar-refractivity contribution in [2.45, 2.75) is 117 Å². The maximum absolute atomic E-state index is 13.6. The number of imide groups is 1. The number of nitrogens with one attached hydrogen (secondary N) is 7. The van der Waals surface area contributed by atoms with E-state index in [1.165, 1.54) is 12.2 Å². The number of piperidine rings is 1. The molecular formula is C60H80N14O11. The molecule has 11 amide bonds. The highest BCUT2D eigenvalue weighted by molar-refractivity contribution is 6.13. The number of anilines is 3. The molecule has 85 heavy (non-hydrogen) atoms. The van der Waals surface area contributed by atoms with Gasteiger partial charge in [0, 0.05) is 106 Å². The maximum atomic E-state index is 13.6. The number of pyridine rings is 1. The summed E-state index contributed by atoms with van der Waals surface area (Å²) in [4.78, 5) is 141. The molecular weight excluding hydrogens is 1090 g/mol. The Labute approximate surface area is 494 Å². The van der Waals surface area contributed by atoms with Crippen molar-refractivity contribution in [1.29, 1.82) is 0 Å². The average molecular weight is 1170 g/mol. The number of ether oxygens (including phenoxy) is 1. The number of alkyl carbamates (subject to hydrolysis) is 1. The quantitative estimate of drug-likeness (QED) is 0.0328. The summed E-state index contributed by atoms with van der Waals surface area (Å²) in [6.45, 7) is 10.7. The lowest BCUT2D eigenvalue weighted by Gasteiger charge is -2.32. The third-order valence-electron chi connectivity index (χ3n) is 14.3. The van der Waals surface area contributed by atoms with Crippen LogP contribution < -0.4 is 53.6 Å². The van der Waals surface area contributed by atoms with Gasteiger partial charge in [-0.15, -0.1) is 0 Å². The fourth-order valence-electron chi connectivity index (χ4n) is 9.77. The number of aromatic nitrogens is 1. The SMILES string of the molecule is CCCN(CCC)C(=O)C1=Cc2ccc(C(=O)Nc3ccc(N4CCC(C(=O)NCCNC(=O)OCc5ccc(NC(=O)[C@H](CCCNC(N)=O)NC(=O)[C@@H](NC(=O)CCCCCN6C(=O)C=CC6=O)C(C)C)cc5)CC4)nc3)cc2N=C(N)C1. The summed E-state index contributed by atoms with van der Waals surface area (Å²) < 4.78 is 5.36. The van der Waals surface area contributed by atoms with Gasteiger partial charge in [-0.2, -0.15) is 0 Å². The molecule has 1 saturated heterocycles. The van der Waals surface area contributed by atoms with Gasteiger partial charge in [-0.05, 0) is 105 Å². The Balaban J connectivity index is 0.874. The molecule has 3 aliphatic rings. The van der Waals surface area contributed by atoms with Gasteiger partial charge in [0.25, 0.3) is 17.7 Å². The smallest absolute Gasteiger partial charge is 0.407 e. The minimum Gasteiger partial charge on any atom is -0.445 e. The number of hydrogen-bond donors (Lipinski definition) is 9. The van der Waals surface area contributed by atoms with E-state index in [4.69, 9.17) is 16.2 Å². The Morgan fingerprint density at radius 1 is 0.776 bits per heavy atom. The van der Waals surface area contributed by atoms with E-state index < -0.39 is 36.0 Å². The Hall–Kier alpha value is -9.16. The van der Waals surface area contributed by atoms with E-state index in [0.29, 0.717) is 109 Å². The molecule has 0 saturated carbocycles. The number of hydrogen-bond acceptors (Lipinski definition) is 15. The first kappa shape index (κ1) is 65.0. The van der Waals surface area contributed by atoms with Gasteiger partial charge in [0.2, 0.25) is 29.5 Å². The molecule has 11 N–H and O–H groups in total. The highest BCUT2D eigenvalue weighted by Crippen LogP contribution is 2.30. The van der Waals surface area contributed by atoms with Crippen LogP contribution in [0.1, 0.15) is 120 Å². The number of aliphatic imine (C=N–C) groups is 1. The van der Waals surface area contributed by atoms with Gasteiger partial charge < -0.3 is 63.2 Å². The summed E-state index contributed by atoms with van der Waals surface area (Å²) >= 11 is 0. The molecule has 0 unspecified atom stereocenters. The van der Waals surface area contributed by atoms with Crippen LogP contribution in [0.4, 0.5) is 32.5 Å². The van der Waals surface area contributed by atoms with Gasteiger partial charge in [-0.1, -0.05) is 52.3 Å².